The summed E-state index contributed by atoms with van der Waals surface area (Å²) >= 11 is 1.14. The molecule has 0 aliphatic rings. The quantitative estimate of drug-likeness (QED) is 0.454. The van der Waals surface area contributed by atoms with Crippen molar-refractivity contribution in [1.82, 2.24) is 9.36 Å². The molecule has 0 unspecified atom stereocenters. The van der Waals surface area contributed by atoms with Gasteiger partial charge in [-0.05, 0) is 54.8 Å². The number of nitrogens with zero attached hydrogens (tertiary/aromatic N) is 3. The van der Waals surface area contributed by atoms with E-state index in [0.29, 0.717) is 22.6 Å². The van der Waals surface area contributed by atoms with Crippen LogP contribution in [0.3, 0.4) is 0 Å². The molecule has 0 saturated carbocycles. The lowest BCUT2D eigenvalue weighted by atomic mass is 10.2. The van der Waals surface area contributed by atoms with Gasteiger partial charge >= 0.3 is 0 Å². The van der Waals surface area contributed by atoms with Crippen molar-refractivity contribution >= 4 is 38.6 Å². The van der Waals surface area contributed by atoms with Gasteiger partial charge in [0.15, 0.2) is 0 Å². The van der Waals surface area contributed by atoms with Gasteiger partial charge in [-0.15, -0.1) is 11.3 Å². The van der Waals surface area contributed by atoms with Crippen molar-refractivity contribution in [3.05, 3.63) is 93.7 Å². The van der Waals surface area contributed by atoms with Crippen molar-refractivity contribution in [2.75, 3.05) is 16.7 Å². The molecular formula is C23H22N4O4S2. The van der Waals surface area contributed by atoms with Gasteiger partial charge in [-0.3, -0.25) is 18.6 Å². The molecule has 0 bridgehead atoms. The topological polar surface area (TPSA) is 93.4 Å². The molecular weight excluding hydrogens is 460 g/mol. The van der Waals surface area contributed by atoms with E-state index in [1.807, 2.05) is 30.3 Å². The smallest absolute Gasteiger partial charge is 0.295 e. The Labute approximate surface area is 195 Å². The summed E-state index contributed by atoms with van der Waals surface area (Å²) in [6.45, 7) is 1.75. The summed E-state index contributed by atoms with van der Waals surface area (Å²) in [6.07, 6.45) is 0. The fourth-order valence-corrected chi connectivity index (χ4v) is 5.76. The van der Waals surface area contributed by atoms with Gasteiger partial charge in [0.1, 0.15) is 9.90 Å². The van der Waals surface area contributed by atoms with Crippen LogP contribution < -0.4 is 15.2 Å². The number of hydrogen-bond acceptors (Lipinski definition) is 5. The second-order valence-electron chi connectivity index (χ2n) is 7.34. The zero-order valence-electron chi connectivity index (χ0n) is 18.2. The second kappa shape index (κ2) is 8.72. The van der Waals surface area contributed by atoms with Crippen molar-refractivity contribution < 1.29 is 13.2 Å². The largest absolute Gasteiger partial charge is 0.316 e. The number of anilines is 2. The molecule has 0 saturated heterocycles. The molecule has 0 atom stereocenters. The summed E-state index contributed by atoms with van der Waals surface area (Å²) in [5.41, 5.74) is 1.86. The number of sulfonamides is 1. The van der Waals surface area contributed by atoms with E-state index in [2.05, 4.69) is 5.32 Å². The average Bonchev–Trinajstić information content (AvgIpc) is 3.44. The van der Waals surface area contributed by atoms with E-state index in [4.69, 9.17) is 0 Å². The van der Waals surface area contributed by atoms with Gasteiger partial charge in [-0.1, -0.05) is 24.3 Å². The number of thiophene rings is 1. The Morgan fingerprint density at radius 1 is 1.00 bits per heavy atom. The highest BCUT2D eigenvalue weighted by Crippen LogP contribution is 2.25. The highest BCUT2D eigenvalue weighted by molar-refractivity contribution is 7.94. The van der Waals surface area contributed by atoms with Crippen molar-refractivity contribution in [2.45, 2.75) is 11.1 Å². The predicted molar refractivity (Wildman–Crippen MR) is 130 cm³/mol. The van der Waals surface area contributed by atoms with Crippen LogP contribution in [0.15, 0.2) is 81.1 Å². The van der Waals surface area contributed by atoms with E-state index in [0.717, 1.165) is 11.3 Å². The van der Waals surface area contributed by atoms with Gasteiger partial charge in [-0.25, -0.2) is 13.1 Å². The van der Waals surface area contributed by atoms with Gasteiger partial charge in [0.05, 0.1) is 17.1 Å². The molecule has 0 spiro atoms. The van der Waals surface area contributed by atoms with Gasteiger partial charge in [0.2, 0.25) is 0 Å². The van der Waals surface area contributed by atoms with Crippen LogP contribution in [0.5, 0.6) is 0 Å². The number of para-hydroxylation sites is 1. The van der Waals surface area contributed by atoms with Crippen LogP contribution in [0, 0.1) is 6.92 Å². The van der Waals surface area contributed by atoms with E-state index in [1.165, 1.54) is 28.2 Å². The normalized spacial score (nSPS) is 11.4. The lowest BCUT2D eigenvalue weighted by Gasteiger charge is -2.18. The first-order valence-electron chi connectivity index (χ1n) is 9.99. The van der Waals surface area contributed by atoms with Crippen LogP contribution in [0.1, 0.15) is 16.1 Å². The highest BCUT2D eigenvalue weighted by atomic mass is 32.2. The third-order valence-electron chi connectivity index (χ3n) is 5.40. The minimum atomic E-state index is -3.67. The summed E-state index contributed by atoms with van der Waals surface area (Å²) in [6, 6.07) is 18.5. The second-order valence-corrected chi connectivity index (χ2v) is 10.5. The van der Waals surface area contributed by atoms with Crippen LogP contribution >= 0.6 is 11.3 Å². The van der Waals surface area contributed by atoms with Crippen LogP contribution in [0.4, 0.5) is 11.4 Å². The number of amides is 1. The Morgan fingerprint density at radius 3 is 2.27 bits per heavy atom. The molecule has 8 nitrogen and oxygen atoms in total. The molecule has 0 fully saturated rings. The van der Waals surface area contributed by atoms with Crippen molar-refractivity contribution in [3.63, 3.8) is 0 Å². The van der Waals surface area contributed by atoms with E-state index in [-0.39, 0.29) is 15.5 Å². The molecule has 0 aliphatic carbocycles. The van der Waals surface area contributed by atoms with Crippen molar-refractivity contribution in [2.24, 2.45) is 7.05 Å². The molecule has 2 aromatic carbocycles. The molecule has 33 heavy (non-hydrogen) atoms. The Balaban J connectivity index is 1.58. The molecule has 2 aromatic heterocycles. The molecule has 1 N–H and O–H groups in total. The third-order valence-corrected chi connectivity index (χ3v) is 8.55. The predicted octanol–water partition coefficient (Wildman–Crippen LogP) is 3.62. The number of benzene rings is 2. The first kappa shape index (κ1) is 22.6. The minimum absolute atomic E-state index is 0.188. The lowest BCUT2D eigenvalue weighted by Crippen LogP contribution is -2.26. The Hall–Kier alpha value is -3.63. The monoisotopic (exact) mass is 482 g/mol. The average molecular weight is 483 g/mol. The molecule has 10 heteroatoms. The van der Waals surface area contributed by atoms with Crippen LogP contribution in [-0.4, -0.2) is 30.7 Å². The number of rotatable bonds is 6. The summed E-state index contributed by atoms with van der Waals surface area (Å²) in [4.78, 5) is 25.8. The molecule has 0 aliphatic heterocycles. The Morgan fingerprint density at radius 2 is 1.67 bits per heavy atom. The van der Waals surface area contributed by atoms with Crippen LogP contribution in [0.25, 0.3) is 5.69 Å². The Bertz CT molecular complexity index is 1450. The molecule has 4 aromatic rings. The summed E-state index contributed by atoms with van der Waals surface area (Å²) in [7, 11) is -0.456. The fraction of sp³-hybridized carbons (Fsp3) is 0.130. The van der Waals surface area contributed by atoms with Gasteiger partial charge in [-0.2, -0.15) is 0 Å². The summed E-state index contributed by atoms with van der Waals surface area (Å²) in [5, 5.41) is 4.40. The third kappa shape index (κ3) is 4.10. The number of carbonyl (C=O) groups excluding carboxylic acids is 1. The summed E-state index contributed by atoms with van der Waals surface area (Å²) in [5.74, 6) is -0.462. The molecule has 1 amide bonds. The number of nitrogens with one attached hydrogen (secondary N) is 1. The minimum Gasteiger partial charge on any atom is -0.316 e. The van der Waals surface area contributed by atoms with Crippen molar-refractivity contribution in [3.8, 4) is 5.69 Å². The zero-order valence-corrected chi connectivity index (χ0v) is 19.9. The SMILES string of the molecule is Cc1c(NC(=O)c2ccc(N(C)S(=O)(=O)c3cccs3)cc2)c(=O)n(-c2ccccc2)n1C. The van der Waals surface area contributed by atoms with Gasteiger partial charge in [0.25, 0.3) is 21.5 Å². The first-order valence-corrected chi connectivity index (χ1v) is 12.3. The van der Waals surface area contributed by atoms with E-state index in [1.54, 1.807) is 48.3 Å². The van der Waals surface area contributed by atoms with Crippen LogP contribution in [0.2, 0.25) is 0 Å². The maximum absolute atomic E-state index is 13.0. The molecule has 170 valence electrons. The van der Waals surface area contributed by atoms with Gasteiger partial charge in [0, 0.05) is 19.7 Å². The van der Waals surface area contributed by atoms with E-state index < -0.39 is 15.9 Å². The van der Waals surface area contributed by atoms with E-state index >= 15 is 0 Å². The molecule has 2 heterocycles. The lowest BCUT2D eigenvalue weighted by molar-refractivity contribution is 0.102. The van der Waals surface area contributed by atoms with Crippen LogP contribution in [-0.2, 0) is 17.1 Å². The first-order chi connectivity index (χ1) is 15.7. The number of carbonyl (C=O) groups is 1. The molecule has 4 rings (SSSR count). The number of hydrogen-bond donors (Lipinski definition) is 1. The van der Waals surface area contributed by atoms with E-state index in [9.17, 15) is 18.0 Å². The zero-order chi connectivity index (χ0) is 23.8. The molecule has 0 radical (unpaired) electrons. The summed E-state index contributed by atoms with van der Waals surface area (Å²) < 4.78 is 30.0. The fourth-order valence-electron chi connectivity index (χ4n) is 3.40. The van der Waals surface area contributed by atoms with Gasteiger partial charge < -0.3 is 5.32 Å². The van der Waals surface area contributed by atoms with Crippen molar-refractivity contribution in [1.29, 1.82) is 0 Å². The Kier molecular flexibility index (Phi) is 5.96. The maximum atomic E-state index is 13.0. The maximum Gasteiger partial charge on any atom is 0.295 e. The highest BCUT2D eigenvalue weighted by Gasteiger charge is 2.23. The number of aromatic nitrogens is 2. The standard InChI is InChI=1S/C23H22N4O4S2/c1-16-21(23(29)27(25(16)2)19-8-5-4-6-9-19)24-22(28)17-11-13-18(14-12-17)26(3)33(30,31)20-10-7-15-32-20/h4-15H,1-3H3,(H,24,28).